The van der Waals surface area contributed by atoms with Crippen LogP contribution in [0.1, 0.15) is 29.6 Å². The van der Waals surface area contributed by atoms with Gasteiger partial charge in [-0.15, -0.1) is 0 Å². The quantitative estimate of drug-likeness (QED) is 0.819. The van der Waals surface area contributed by atoms with Gasteiger partial charge in [-0.3, -0.25) is 4.79 Å². The number of carbonyl (C=O) groups excluding carboxylic acids is 1. The Morgan fingerprint density at radius 1 is 1.25 bits per heavy atom. The maximum absolute atomic E-state index is 12.1. The second-order valence-electron chi connectivity index (χ2n) is 4.02. The molecule has 0 aliphatic carbocycles. The van der Waals surface area contributed by atoms with Gasteiger partial charge in [0.15, 0.2) is 0 Å². The molecular weight excluding hydrogens is 226 g/mol. The highest BCUT2D eigenvalue weighted by Crippen LogP contribution is 2.23. The van der Waals surface area contributed by atoms with Crippen LogP contribution in [0.3, 0.4) is 0 Å². The van der Waals surface area contributed by atoms with Crippen LogP contribution in [-0.2, 0) is 0 Å². The Morgan fingerprint density at radius 3 is 2.62 bits per heavy atom. The van der Waals surface area contributed by atoms with Crippen LogP contribution in [0, 0.1) is 0 Å². The van der Waals surface area contributed by atoms with E-state index < -0.39 is 0 Å². The zero-order valence-electron chi connectivity index (χ0n) is 8.95. The molecule has 1 aromatic rings. The molecule has 0 atom stereocenters. The van der Waals surface area contributed by atoms with Gasteiger partial charge < -0.3 is 10.0 Å². The summed E-state index contributed by atoms with van der Waals surface area (Å²) in [6, 6.07) is 4.46. The van der Waals surface area contributed by atoms with E-state index in [1.807, 2.05) is 0 Å². The highest BCUT2D eigenvalue weighted by molar-refractivity contribution is 6.33. The summed E-state index contributed by atoms with van der Waals surface area (Å²) < 4.78 is 0. The molecule has 0 aromatic heterocycles. The van der Waals surface area contributed by atoms with Gasteiger partial charge >= 0.3 is 0 Å². The number of carbonyl (C=O) groups is 1. The maximum atomic E-state index is 12.1. The summed E-state index contributed by atoms with van der Waals surface area (Å²) in [6.45, 7) is 1.57. The first-order valence-electron chi connectivity index (χ1n) is 5.46. The predicted molar refractivity (Wildman–Crippen MR) is 62.9 cm³/mol. The molecule has 1 aliphatic heterocycles. The molecule has 0 spiro atoms. The first-order chi connectivity index (χ1) is 7.68. The Labute approximate surface area is 99.6 Å². The van der Waals surface area contributed by atoms with E-state index in [-0.39, 0.29) is 11.7 Å². The van der Waals surface area contributed by atoms with E-state index in [1.54, 1.807) is 11.0 Å². The van der Waals surface area contributed by atoms with Crippen LogP contribution >= 0.6 is 11.6 Å². The van der Waals surface area contributed by atoms with Crippen molar-refractivity contribution >= 4 is 17.5 Å². The van der Waals surface area contributed by atoms with Crippen molar-refractivity contribution in [3.05, 3.63) is 28.8 Å². The molecule has 1 aromatic carbocycles. The summed E-state index contributed by atoms with van der Waals surface area (Å²) in [5.74, 6) is -0.00893. The number of hydrogen-bond donors (Lipinski definition) is 1. The number of phenols is 1. The number of likely N-dealkylation sites (tertiary alicyclic amines) is 1. The molecular formula is C12H14ClNO2. The highest BCUT2D eigenvalue weighted by atomic mass is 35.5. The topological polar surface area (TPSA) is 40.5 Å². The number of amides is 1. The van der Waals surface area contributed by atoms with Gasteiger partial charge in [0.25, 0.3) is 5.91 Å². The van der Waals surface area contributed by atoms with Crippen molar-refractivity contribution in [1.29, 1.82) is 0 Å². The van der Waals surface area contributed by atoms with E-state index in [1.165, 1.54) is 18.6 Å². The average Bonchev–Trinajstić information content (AvgIpc) is 2.32. The van der Waals surface area contributed by atoms with Crippen LogP contribution in [0.2, 0.25) is 5.02 Å². The van der Waals surface area contributed by atoms with Gasteiger partial charge in [0, 0.05) is 13.1 Å². The maximum Gasteiger partial charge on any atom is 0.255 e. The Hall–Kier alpha value is -1.22. The highest BCUT2D eigenvalue weighted by Gasteiger charge is 2.20. The number of rotatable bonds is 1. The first-order valence-corrected chi connectivity index (χ1v) is 5.84. The number of phenolic OH excluding ortho intramolecular Hbond substituents is 1. The summed E-state index contributed by atoms with van der Waals surface area (Å²) >= 11 is 5.95. The first kappa shape index (κ1) is 11.3. The molecule has 1 fully saturated rings. The second kappa shape index (κ2) is 4.74. The number of benzene rings is 1. The van der Waals surface area contributed by atoms with Gasteiger partial charge in [-0.2, -0.15) is 0 Å². The molecule has 16 heavy (non-hydrogen) atoms. The third-order valence-corrected chi connectivity index (χ3v) is 3.15. The van der Waals surface area contributed by atoms with Gasteiger partial charge in [0.1, 0.15) is 5.75 Å². The minimum Gasteiger partial charge on any atom is -0.508 e. The molecule has 1 heterocycles. The smallest absolute Gasteiger partial charge is 0.255 e. The molecule has 0 bridgehead atoms. The summed E-state index contributed by atoms with van der Waals surface area (Å²) in [6.07, 6.45) is 3.27. The molecule has 0 unspecified atom stereocenters. The number of aromatic hydroxyl groups is 1. The number of piperidine rings is 1. The van der Waals surface area contributed by atoms with Crippen LogP contribution in [0.25, 0.3) is 0 Å². The zero-order chi connectivity index (χ0) is 11.5. The average molecular weight is 240 g/mol. The van der Waals surface area contributed by atoms with E-state index in [2.05, 4.69) is 0 Å². The van der Waals surface area contributed by atoms with E-state index in [0.29, 0.717) is 10.6 Å². The van der Waals surface area contributed by atoms with E-state index in [9.17, 15) is 9.90 Å². The lowest BCUT2D eigenvalue weighted by Gasteiger charge is -2.27. The Kier molecular flexibility index (Phi) is 3.34. The summed E-state index contributed by atoms with van der Waals surface area (Å²) in [5, 5.41) is 9.75. The molecule has 86 valence electrons. The minimum atomic E-state index is -0.0828. The monoisotopic (exact) mass is 239 g/mol. The van der Waals surface area contributed by atoms with E-state index >= 15 is 0 Å². The fourth-order valence-electron chi connectivity index (χ4n) is 1.94. The molecule has 1 N–H and O–H groups in total. The minimum absolute atomic E-state index is 0.0739. The second-order valence-corrected chi connectivity index (χ2v) is 4.42. The van der Waals surface area contributed by atoms with Crippen LogP contribution in [0.4, 0.5) is 0 Å². The zero-order valence-corrected chi connectivity index (χ0v) is 9.70. The Balaban J connectivity index is 2.22. The standard InChI is InChI=1S/C12H14ClNO2/c13-11-5-4-9(15)8-10(11)12(16)14-6-2-1-3-7-14/h4-5,8,15H,1-3,6-7H2. The lowest BCUT2D eigenvalue weighted by molar-refractivity contribution is 0.0724. The Bertz CT molecular complexity index is 400. The predicted octanol–water partition coefficient (Wildman–Crippen LogP) is 2.67. The van der Waals surface area contributed by atoms with Gasteiger partial charge in [-0.25, -0.2) is 0 Å². The summed E-state index contributed by atoms with van der Waals surface area (Å²) in [5.41, 5.74) is 0.392. The van der Waals surface area contributed by atoms with Crippen molar-refractivity contribution in [2.45, 2.75) is 19.3 Å². The third kappa shape index (κ3) is 2.30. The summed E-state index contributed by atoms with van der Waals surface area (Å²) in [7, 11) is 0. The molecule has 1 aliphatic rings. The van der Waals surface area contributed by atoms with Crippen molar-refractivity contribution in [3.63, 3.8) is 0 Å². The fourth-order valence-corrected chi connectivity index (χ4v) is 2.14. The normalized spacial score (nSPS) is 16.2. The van der Waals surface area contributed by atoms with Crippen LogP contribution in [-0.4, -0.2) is 29.0 Å². The van der Waals surface area contributed by atoms with Crippen molar-refractivity contribution in [1.82, 2.24) is 4.90 Å². The molecule has 3 nitrogen and oxygen atoms in total. The van der Waals surface area contributed by atoms with Gasteiger partial charge in [-0.05, 0) is 37.5 Å². The number of hydrogen-bond acceptors (Lipinski definition) is 2. The largest absolute Gasteiger partial charge is 0.508 e. The molecule has 1 amide bonds. The molecule has 0 saturated carbocycles. The van der Waals surface area contributed by atoms with Gasteiger partial charge in [0.2, 0.25) is 0 Å². The molecule has 2 rings (SSSR count). The van der Waals surface area contributed by atoms with Crippen molar-refractivity contribution < 1.29 is 9.90 Å². The summed E-state index contributed by atoms with van der Waals surface area (Å²) in [4.78, 5) is 13.9. The Morgan fingerprint density at radius 2 is 1.94 bits per heavy atom. The van der Waals surface area contributed by atoms with Crippen LogP contribution in [0.5, 0.6) is 5.75 Å². The van der Waals surface area contributed by atoms with Crippen LogP contribution in [0.15, 0.2) is 18.2 Å². The third-order valence-electron chi connectivity index (χ3n) is 2.82. The van der Waals surface area contributed by atoms with Crippen LogP contribution < -0.4 is 0 Å². The van der Waals surface area contributed by atoms with Crippen molar-refractivity contribution in [3.8, 4) is 5.75 Å². The molecule has 4 heteroatoms. The fraction of sp³-hybridized carbons (Fsp3) is 0.417. The van der Waals surface area contributed by atoms with Gasteiger partial charge in [-0.1, -0.05) is 11.6 Å². The van der Waals surface area contributed by atoms with Gasteiger partial charge in [0.05, 0.1) is 10.6 Å². The molecule has 0 radical (unpaired) electrons. The lowest BCUT2D eigenvalue weighted by atomic mass is 10.1. The number of nitrogens with zero attached hydrogens (tertiary/aromatic N) is 1. The van der Waals surface area contributed by atoms with E-state index in [4.69, 9.17) is 11.6 Å². The van der Waals surface area contributed by atoms with E-state index in [0.717, 1.165) is 25.9 Å². The number of halogens is 1. The van der Waals surface area contributed by atoms with Crippen molar-refractivity contribution in [2.75, 3.05) is 13.1 Å². The van der Waals surface area contributed by atoms with Crippen molar-refractivity contribution in [2.24, 2.45) is 0 Å². The molecule has 1 saturated heterocycles. The SMILES string of the molecule is O=C(c1cc(O)ccc1Cl)N1CCCCC1. The lowest BCUT2D eigenvalue weighted by Crippen LogP contribution is -2.35.